The summed E-state index contributed by atoms with van der Waals surface area (Å²) in [6.45, 7) is 6.18. The average molecular weight is 441 g/mol. The summed E-state index contributed by atoms with van der Waals surface area (Å²) in [5.74, 6) is 0.145. The number of pyridine rings is 1. The molecule has 11 heteroatoms. The summed E-state index contributed by atoms with van der Waals surface area (Å²) < 4.78 is 3.85. The fourth-order valence-corrected chi connectivity index (χ4v) is 3.49. The monoisotopic (exact) mass is 441 g/mol. The van der Waals surface area contributed by atoms with E-state index in [0.29, 0.717) is 32.7 Å². The Bertz CT molecular complexity index is 1090. The molecular weight excluding hydrogens is 414 g/mol. The predicted octanol–water partition coefficient (Wildman–Crippen LogP) is 1.23. The Morgan fingerprint density at radius 3 is 2.72 bits per heavy atom. The number of carbonyl (C=O) groups is 3. The zero-order valence-electron chi connectivity index (χ0n) is 18.1. The van der Waals surface area contributed by atoms with E-state index in [9.17, 15) is 9.59 Å². The number of aromatic nitrogens is 4. The maximum Gasteiger partial charge on any atom is 0.315 e. The van der Waals surface area contributed by atoms with Crippen molar-refractivity contribution in [3.05, 3.63) is 53.7 Å². The maximum absolute atomic E-state index is 12.2. The molecule has 4 heterocycles. The van der Waals surface area contributed by atoms with Gasteiger partial charge < -0.3 is 25.0 Å². The van der Waals surface area contributed by atoms with E-state index in [1.807, 2.05) is 58.3 Å². The fraction of sp³-hybridized carbons (Fsp3) is 0.381. The molecule has 32 heavy (non-hydrogen) atoms. The minimum atomic E-state index is -0.265. The first-order valence-electron chi connectivity index (χ1n) is 10.3. The van der Waals surface area contributed by atoms with Crippen LogP contribution in [0, 0.1) is 5.92 Å². The minimum absolute atomic E-state index is 0.0118. The van der Waals surface area contributed by atoms with Gasteiger partial charge in [-0.1, -0.05) is 19.9 Å². The molecule has 0 unspecified atom stereocenters. The molecule has 0 radical (unpaired) electrons. The number of amides is 3. The van der Waals surface area contributed by atoms with Crippen LogP contribution in [0.4, 0.5) is 4.79 Å². The van der Waals surface area contributed by atoms with Crippen molar-refractivity contribution in [2.75, 3.05) is 6.54 Å². The number of urea groups is 1. The topological polar surface area (TPSA) is 134 Å². The number of carboxylic acid groups (broad SMARTS) is 1. The van der Waals surface area contributed by atoms with Gasteiger partial charge >= 0.3 is 6.03 Å². The highest BCUT2D eigenvalue weighted by atomic mass is 16.3. The molecule has 3 aromatic rings. The fourth-order valence-electron chi connectivity index (χ4n) is 3.49. The highest BCUT2D eigenvalue weighted by molar-refractivity contribution is 5.78. The number of nitrogens with zero attached hydrogens (tertiary/aromatic N) is 5. The van der Waals surface area contributed by atoms with Gasteiger partial charge in [0.2, 0.25) is 5.91 Å². The number of imidazole rings is 1. The van der Waals surface area contributed by atoms with E-state index in [2.05, 4.69) is 20.7 Å². The van der Waals surface area contributed by atoms with Crippen molar-refractivity contribution < 1.29 is 19.5 Å². The van der Waals surface area contributed by atoms with Gasteiger partial charge in [-0.3, -0.25) is 14.3 Å². The molecule has 1 aliphatic rings. The summed E-state index contributed by atoms with van der Waals surface area (Å²) in [5.41, 5.74) is 3.53. The number of hydrogen-bond acceptors (Lipinski definition) is 5. The molecule has 0 fully saturated rings. The molecule has 3 amide bonds. The van der Waals surface area contributed by atoms with Crippen molar-refractivity contribution in [1.82, 2.24) is 34.7 Å². The second-order valence-electron chi connectivity index (χ2n) is 7.58. The number of hydrogen-bond donors (Lipinski definition) is 3. The van der Waals surface area contributed by atoms with E-state index in [1.54, 1.807) is 6.20 Å². The van der Waals surface area contributed by atoms with E-state index in [0.717, 1.165) is 22.7 Å². The third-order valence-corrected chi connectivity index (χ3v) is 5.01. The first kappa shape index (κ1) is 22.8. The summed E-state index contributed by atoms with van der Waals surface area (Å²) in [6.07, 6.45) is 3.67. The summed E-state index contributed by atoms with van der Waals surface area (Å²) in [6, 6.07) is 7.45. The van der Waals surface area contributed by atoms with Crippen molar-refractivity contribution in [1.29, 1.82) is 0 Å². The third kappa shape index (κ3) is 5.42. The van der Waals surface area contributed by atoms with Crippen LogP contribution in [0.25, 0.3) is 5.65 Å². The first-order valence-corrected chi connectivity index (χ1v) is 10.3. The quantitative estimate of drug-likeness (QED) is 0.510. The second kappa shape index (κ2) is 10.4. The van der Waals surface area contributed by atoms with Crippen LogP contribution in [-0.4, -0.2) is 54.1 Å². The van der Waals surface area contributed by atoms with Crippen molar-refractivity contribution in [3.63, 3.8) is 0 Å². The Kier molecular flexibility index (Phi) is 7.42. The van der Waals surface area contributed by atoms with Crippen molar-refractivity contribution in [2.24, 2.45) is 5.92 Å². The van der Waals surface area contributed by atoms with Crippen LogP contribution in [0.1, 0.15) is 30.9 Å². The van der Waals surface area contributed by atoms with E-state index >= 15 is 0 Å². The van der Waals surface area contributed by atoms with Crippen molar-refractivity contribution >= 4 is 24.1 Å². The molecule has 4 rings (SSSR count). The van der Waals surface area contributed by atoms with E-state index in [4.69, 9.17) is 9.90 Å². The molecule has 0 spiro atoms. The highest BCUT2D eigenvalue weighted by Gasteiger charge is 2.23. The lowest BCUT2D eigenvalue weighted by molar-refractivity contribution is -0.136. The standard InChI is InChI=1S/C20H25N7O2.CH2O2/c1-14(2)19(28)25-7-8-27-16(13-25)9-15(24-27)10-22-20(29)23-12-17-11-21-18-5-3-4-6-26(17)18;2-1-3/h3-6,9,11,14H,7-8,10,12-13H2,1-2H3,(H2,22,23,29);1H,(H,2,3). The average Bonchev–Trinajstić information content (AvgIpc) is 3.39. The lowest BCUT2D eigenvalue weighted by Gasteiger charge is -2.29. The lowest BCUT2D eigenvalue weighted by atomic mass is 10.1. The first-order chi connectivity index (χ1) is 15.4. The summed E-state index contributed by atoms with van der Waals surface area (Å²) >= 11 is 0. The van der Waals surface area contributed by atoms with Gasteiger partial charge in [0.15, 0.2) is 0 Å². The largest absolute Gasteiger partial charge is 0.483 e. The molecule has 0 aromatic carbocycles. The summed E-state index contributed by atoms with van der Waals surface area (Å²) in [5, 5.41) is 17.1. The zero-order valence-corrected chi connectivity index (χ0v) is 18.1. The molecule has 3 aromatic heterocycles. The van der Waals surface area contributed by atoms with E-state index in [1.165, 1.54) is 0 Å². The van der Waals surface area contributed by atoms with Gasteiger partial charge in [-0.25, -0.2) is 9.78 Å². The molecule has 0 saturated carbocycles. The van der Waals surface area contributed by atoms with E-state index < -0.39 is 0 Å². The molecule has 0 saturated heterocycles. The summed E-state index contributed by atoms with van der Waals surface area (Å²) in [7, 11) is 0. The Morgan fingerprint density at radius 1 is 1.22 bits per heavy atom. The minimum Gasteiger partial charge on any atom is -0.483 e. The van der Waals surface area contributed by atoms with Gasteiger partial charge in [-0.2, -0.15) is 5.10 Å². The van der Waals surface area contributed by atoms with Crippen LogP contribution >= 0.6 is 0 Å². The number of rotatable bonds is 5. The van der Waals surface area contributed by atoms with E-state index in [-0.39, 0.29) is 24.3 Å². The normalized spacial score (nSPS) is 12.7. The maximum atomic E-state index is 12.2. The molecule has 0 atom stereocenters. The van der Waals surface area contributed by atoms with Crippen molar-refractivity contribution in [2.45, 2.75) is 40.0 Å². The van der Waals surface area contributed by atoms with Crippen molar-refractivity contribution in [3.8, 4) is 0 Å². The van der Waals surface area contributed by atoms with Crippen LogP contribution in [0.15, 0.2) is 36.7 Å². The van der Waals surface area contributed by atoms with Gasteiger partial charge in [0.05, 0.1) is 49.5 Å². The highest BCUT2D eigenvalue weighted by Crippen LogP contribution is 2.16. The Balaban J connectivity index is 0.000000913. The Morgan fingerprint density at radius 2 is 1.97 bits per heavy atom. The van der Waals surface area contributed by atoms with Gasteiger partial charge in [-0.05, 0) is 18.2 Å². The number of nitrogens with one attached hydrogen (secondary N) is 2. The Hall–Kier alpha value is -3.89. The Labute approximate surface area is 185 Å². The van der Waals surface area contributed by atoms with Crippen LogP contribution in [0.3, 0.4) is 0 Å². The van der Waals surface area contributed by atoms with Gasteiger partial charge in [-0.15, -0.1) is 0 Å². The smallest absolute Gasteiger partial charge is 0.315 e. The molecule has 0 aliphatic carbocycles. The van der Waals surface area contributed by atoms with Gasteiger partial charge in [0.1, 0.15) is 5.65 Å². The second-order valence-corrected chi connectivity index (χ2v) is 7.58. The van der Waals surface area contributed by atoms with Gasteiger partial charge in [0, 0.05) is 18.7 Å². The molecule has 11 nitrogen and oxygen atoms in total. The van der Waals surface area contributed by atoms with Crippen LogP contribution in [-0.2, 0) is 35.8 Å². The molecule has 0 bridgehead atoms. The molecule has 3 N–H and O–H groups in total. The van der Waals surface area contributed by atoms with Crippen LogP contribution in [0.5, 0.6) is 0 Å². The molecule has 1 aliphatic heterocycles. The van der Waals surface area contributed by atoms with Crippen LogP contribution < -0.4 is 10.6 Å². The molecule has 170 valence electrons. The lowest BCUT2D eigenvalue weighted by Crippen LogP contribution is -2.40. The molecular formula is C21H27N7O4. The number of fused-ring (bicyclic) bond motifs is 2. The zero-order chi connectivity index (χ0) is 23.1. The number of carbonyl (C=O) groups excluding carboxylic acids is 2. The summed E-state index contributed by atoms with van der Waals surface area (Å²) in [4.78, 5) is 38.9. The SMILES string of the molecule is CC(C)C(=O)N1CCn2nc(CNC(=O)NCc3cnc4ccccn34)cc2C1.O=CO. The van der Waals surface area contributed by atoms with Gasteiger partial charge in [0.25, 0.3) is 6.47 Å². The predicted molar refractivity (Wildman–Crippen MR) is 115 cm³/mol. The third-order valence-electron chi connectivity index (χ3n) is 5.01. The van der Waals surface area contributed by atoms with Crippen LogP contribution in [0.2, 0.25) is 0 Å².